The molecule has 2 aliphatic carbocycles. The van der Waals surface area contributed by atoms with Crippen LogP contribution in [0.2, 0.25) is 0 Å². The van der Waals surface area contributed by atoms with Crippen LogP contribution in [-0.2, 0) is 17.1 Å². The summed E-state index contributed by atoms with van der Waals surface area (Å²) >= 11 is 0. The molecule has 3 heteroatoms. The minimum atomic E-state index is 0. The molecule has 2 saturated carbocycles. The standard InChI is InChI=1S/C25H29N2.C5H5.Fe/c1-6-24(19-9-7-8-10-19)25(20-11-15-22(16-12-20)26(2)3)21-13-17-23(18-14-21)27(4)5;1-2-4-5-3-1;/h7-18H,6H2,1-5H3;1-5H;/q;;+2. The van der Waals surface area contributed by atoms with E-state index in [2.05, 4.69) is 119 Å². The monoisotopic (exact) mass is 478 g/mol. The van der Waals surface area contributed by atoms with E-state index < -0.39 is 0 Å². The van der Waals surface area contributed by atoms with Gasteiger partial charge in [-0.05, 0) is 105 Å². The van der Waals surface area contributed by atoms with E-state index in [1.54, 1.807) is 0 Å². The molecule has 4 rings (SSSR count). The van der Waals surface area contributed by atoms with Crippen LogP contribution >= 0.6 is 0 Å². The van der Waals surface area contributed by atoms with Crippen molar-refractivity contribution < 1.29 is 17.1 Å². The average molecular weight is 478 g/mol. The minimum Gasteiger partial charge on any atom is -0.378 e. The Morgan fingerprint density at radius 2 is 0.939 bits per heavy atom. The van der Waals surface area contributed by atoms with Gasteiger partial charge in [0.2, 0.25) is 0 Å². The Kier molecular flexibility index (Phi) is 11.6. The van der Waals surface area contributed by atoms with Gasteiger partial charge in [-0.3, -0.25) is 0 Å². The van der Waals surface area contributed by atoms with E-state index in [0.717, 1.165) is 6.42 Å². The second-order valence-corrected chi connectivity index (χ2v) is 8.23. The number of benzene rings is 2. The van der Waals surface area contributed by atoms with Gasteiger partial charge in [0.1, 0.15) is 0 Å². The number of hydrogen-bond donors (Lipinski definition) is 0. The van der Waals surface area contributed by atoms with Gasteiger partial charge in [-0.25, -0.2) is 0 Å². The quantitative estimate of drug-likeness (QED) is 0.440. The van der Waals surface area contributed by atoms with Gasteiger partial charge in [0.25, 0.3) is 0 Å². The van der Waals surface area contributed by atoms with Gasteiger partial charge in [0, 0.05) is 45.5 Å². The van der Waals surface area contributed by atoms with Gasteiger partial charge in [-0.1, -0.05) is 36.8 Å². The molecule has 2 aromatic rings. The van der Waals surface area contributed by atoms with E-state index in [4.69, 9.17) is 0 Å². The third-order valence-corrected chi connectivity index (χ3v) is 5.57. The molecule has 2 fully saturated rings. The number of nitrogens with zero attached hydrogens (tertiary/aromatic N) is 2. The van der Waals surface area contributed by atoms with Gasteiger partial charge in [-0.2, -0.15) is 0 Å². The van der Waals surface area contributed by atoms with E-state index >= 15 is 0 Å². The summed E-state index contributed by atoms with van der Waals surface area (Å²) in [6, 6.07) is 17.7. The Hall–Kier alpha value is -1.70. The van der Waals surface area contributed by atoms with E-state index in [1.165, 1.54) is 39.6 Å². The molecular formula is C30H34FeN2+2. The minimum absolute atomic E-state index is 0. The molecule has 10 radical (unpaired) electrons. The Labute approximate surface area is 213 Å². The van der Waals surface area contributed by atoms with Gasteiger partial charge in [0.05, 0.1) is 0 Å². The van der Waals surface area contributed by atoms with Crippen molar-refractivity contribution in [3.8, 4) is 0 Å². The Morgan fingerprint density at radius 1 is 0.576 bits per heavy atom. The average Bonchev–Trinajstić information content (AvgIpc) is 3.55. The summed E-state index contributed by atoms with van der Waals surface area (Å²) in [5, 5.41) is 0. The fourth-order valence-corrected chi connectivity index (χ4v) is 3.79. The summed E-state index contributed by atoms with van der Waals surface area (Å²) in [4.78, 5) is 4.27. The predicted molar refractivity (Wildman–Crippen MR) is 140 cm³/mol. The first-order valence-electron chi connectivity index (χ1n) is 11.2. The largest absolute Gasteiger partial charge is 2.00 e. The van der Waals surface area contributed by atoms with Crippen molar-refractivity contribution >= 4 is 16.9 Å². The SMILES string of the molecule is CCC([C]1[CH][CH][CH][CH]1)=C(c1ccc(N(C)C)cc1)c1ccc(N(C)C)cc1.[CH]1[CH][CH][CH][CH]1.[Fe+2]. The molecule has 0 unspecified atom stereocenters. The molecule has 0 saturated heterocycles. The molecule has 0 spiro atoms. The van der Waals surface area contributed by atoms with E-state index in [0.29, 0.717) is 0 Å². The number of hydrogen-bond acceptors (Lipinski definition) is 2. The van der Waals surface area contributed by atoms with Crippen molar-refractivity contribution in [2.75, 3.05) is 38.0 Å². The van der Waals surface area contributed by atoms with E-state index in [9.17, 15) is 0 Å². The van der Waals surface area contributed by atoms with Crippen molar-refractivity contribution in [1.82, 2.24) is 0 Å². The van der Waals surface area contributed by atoms with Crippen LogP contribution in [0.1, 0.15) is 24.5 Å². The van der Waals surface area contributed by atoms with Crippen molar-refractivity contribution in [3.05, 3.63) is 129 Å². The van der Waals surface area contributed by atoms with Crippen LogP contribution < -0.4 is 9.80 Å². The van der Waals surface area contributed by atoms with Crippen LogP contribution in [0.25, 0.3) is 5.57 Å². The molecule has 0 bridgehead atoms. The number of allylic oxidation sites excluding steroid dienone is 1. The summed E-state index contributed by atoms with van der Waals surface area (Å²) in [7, 11) is 8.31. The first-order chi connectivity index (χ1) is 15.5. The first-order valence-corrected chi connectivity index (χ1v) is 11.2. The fourth-order valence-electron chi connectivity index (χ4n) is 3.79. The van der Waals surface area contributed by atoms with Crippen molar-refractivity contribution in [3.63, 3.8) is 0 Å². The Balaban J connectivity index is 0.000000568. The summed E-state index contributed by atoms with van der Waals surface area (Å²) in [5.41, 5.74) is 7.65. The molecule has 0 aromatic heterocycles. The normalized spacial score (nSPS) is 15.3. The fraction of sp³-hybridized carbons (Fsp3) is 0.200. The second-order valence-electron chi connectivity index (χ2n) is 8.23. The zero-order valence-corrected chi connectivity index (χ0v) is 21.4. The molecule has 2 nitrogen and oxygen atoms in total. The zero-order chi connectivity index (χ0) is 22.9. The van der Waals surface area contributed by atoms with Crippen LogP contribution in [-0.4, -0.2) is 28.2 Å². The molecular weight excluding hydrogens is 444 g/mol. The molecule has 0 N–H and O–H groups in total. The van der Waals surface area contributed by atoms with Crippen LogP contribution in [0.5, 0.6) is 0 Å². The first kappa shape index (κ1) is 27.5. The number of anilines is 2. The molecule has 2 aromatic carbocycles. The summed E-state index contributed by atoms with van der Waals surface area (Å²) < 4.78 is 0. The van der Waals surface area contributed by atoms with Crippen LogP contribution in [0.4, 0.5) is 11.4 Å². The van der Waals surface area contributed by atoms with Crippen molar-refractivity contribution in [2.45, 2.75) is 13.3 Å². The van der Waals surface area contributed by atoms with Crippen LogP contribution in [0.3, 0.4) is 0 Å². The van der Waals surface area contributed by atoms with Gasteiger partial charge >= 0.3 is 17.1 Å². The van der Waals surface area contributed by atoms with Crippen LogP contribution in [0.15, 0.2) is 54.1 Å². The topological polar surface area (TPSA) is 6.48 Å². The van der Waals surface area contributed by atoms with Crippen molar-refractivity contribution in [1.29, 1.82) is 0 Å². The van der Waals surface area contributed by atoms with E-state index in [-0.39, 0.29) is 17.1 Å². The predicted octanol–water partition coefficient (Wildman–Crippen LogP) is 6.45. The van der Waals surface area contributed by atoms with Gasteiger partial charge < -0.3 is 9.80 Å². The maximum Gasteiger partial charge on any atom is 2.00 e. The molecule has 0 atom stereocenters. The zero-order valence-electron chi connectivity index (χ0n) is 20.3. The summed E-state index contributed by atoms with van der Waals surface area (Å²) in [6.45, 7) is 2.24. The van der Waals surface area contributed by atoms with Gasteiger partial charge in [0.15, 0.2) is 0 Å². The van der Waals surface area contributed by atoms with Crippen LogP contribution in [0, 0.1) is 63.7 Å². The van der Waals surface area contributed by atoms with Crippen molar-refractivity contribution in [2.24, 2.45) is 0 Å². The van der Waals surface area contributed by atoms with E-state index in [1.807, 2.05) is 32.1 Å². The smallest absolute Gasteiger partial charge is 0.378 e. The maximum absolute atomic E-state index is 2.24. The molecule has 0 amide bonds. The Morgan fingerprint density at radius 3 is 1.24 bits per heavy atom. The summed E-state index contributed by atoms with van der Waals surface area (Å²) in [5.74, 6) is 1.31. The summed E-state index contributed by atoms with van der Waals surface area (Å²) in [6.07, 6.45) is 19.6. The molecule has 170 valence electrons. The second kappa shape index (κ2) is 13.9. The molecule has 0 aliphatic heterocycles. The third kappa shape index (κ3) is 7.66. The molecule has 0 heterocycles. The maximum atomic E-state index is 2.24. The van der Waals surface area contributed by atoms with Gasteiger partial charge in [-0.15, -0.1) is 0 Å². The third-order valence-electron chi connectivity index (χ3n) is 5.57. The molecule has 2 aliphatic rings. The Bertz CT molecular complexity index is 779. The number of rotatable bonds is 6. The molecule has 33 heavy (non-hydrogen) atoms.